The minimum absolute atomic E-state index is 0.265. The number of pyridine rings is 1. The van der Waals surface area contributed by atoms with E-state index >= 15 is 0 Å². The molecule has 1 N–H and O–H groups in total. The zero-order valence-electron chi connectivity index (χ0n) is 12.9. The first-order valence-electron chi connectivity index (χ1n) is 8.05. The van der Waals surface area contributed by atoms with Crippen LogP contribution in [0, 0.1) is 0 Å². The van der Waals surface area contributed by atoms with Gasteiger partial charge in [0.15, 0.2) is 0 Å². The lowest BCUT2D eigenvalue weighted by Gasteiger charge is -2.52. The predicted octanol–water partition coefficient (Wildman–Crippen LogP) is 2.97. The lowest BCUT2D eigenvalue weighted by Crippen LogP contribution is -2.67. The maximum absolute atomic E-state index is 4.14. The summed E-state index contributed by atoms with van der Waals surface area (Å²) in [5, 5.41) is 3.84. The number of nitrogens with zero attached hydrogens (tertiary/aromatic N) is 2. The predicted molar refractivity (Wildman–Crippen MR) is 82.5 cm³/mol. The molecule has 2 fully saturated rings. The number of rotatable bonds is 3. The maximum atomic E-state index is 4.14. The van der Waals surface area contributed by atoms with E-state index in [1.54, 1.807) is 0 Å². The molecule has 1 aromatic heterocycles. The minimum atomic E-state index is 0.265. The van der Waals surface area contributed by atoms with Gasteiger partial charge in [0.1, 0.15) is 0 Å². The maximum Gasteiger partial charge on any atom is 0.0338 e. The van der Waals surface area contributed by atoms with Gasteiger partial charge in [-0.1, -0.05) is 19.8 Å². The molecule has 2 aliphatic rings. The van der Waals surface area contributed by atoms with Gasteiger partial charge in [-0.05, 0) is 43.9 Å². The van der Waals surface area contributed by atoms with Crippen LogP contribution in [0.2, 0.25) is 0 Å². The summed E-state index contributed by atoms with van der Waals surface area (Å²) in [7, 11) is 0. The van der Waals surface area contributed by atoms with Gasteiger partial charge in [-0.2, -0.15) is 0 Å². The van der Waals surface area contributed by atoms with Crippen molar-refractivity contribution in [2.75, 3.05) is 13.1 Å². The van der Waals surface area contributed by atoms with Crippen molar-refractivity contribution in [1.82, 2.24) is 15.2 Å². The lowest BCUT2D eigenvalue weighted by molar-refractivity contribution is 0.00531. The Hall–Kier alpha value is -0.930. The largest absolute Gasteiger partial charge is 0.308 e. The summed E-state index contributed by atoms with van der Waals surface area (Å²) < 4.78 is 0. The normalized spacial score (nSPS) is 29.9. The van der Waals surface area contributed by atoms with E-state index in [1.807, 2.05) is 12.4 Å². The first-order chi connectivity index (χ1) is 9.66. The van der Waals surface area contributed by atoms with Crippen LogP contribution in [0.25, 0.3) is 0 Å². The van der Waals surface area contributed by atoms with Crippen molar-refractivity contribution >= 4 is 0 Å². The third kappa shape index (κ3) is 2.61. The average Bonchev–Trinajstić information content (AvgIpc) is 2.95. The molecule has 1 aliphatic carbocycles. The zero-order valence-corrected chi connectivity index (χ0v) is 12.9. The molecule has 1 unspecified atom stereocenters. The van der Waals surface area contributed by atoms with Gasteiger partial charge in [-0.15, -0.1) is 0 Å². The average molecular weight is 273 g/mol. The van der Waals surface area contributed by atoms with Gasteiger partial charge in [0.2, 0.25) is 0 Å². The highest BCUT2D eigenvalue weighted by Crippen LogP contribution is 2.39. The molecule has 1 atom stereocenters. The number of hydrogen-bond acceptors (Lipinski definition) is 3. The van der Waals surface area contributed by atoms with Crippen LogP contribution in [0.5, 0.6) is 0 Å². The van der Waals surface area contributed by atoms with E-state index < -0.39 is 0 Å². The van der Waals surface area contributed by atoms with Crippen molar-refractivity contribution in [2.24, 2.45) is 0 Å². The quantitative estimate of drug-likeness (QED) is 0.917. The Bertz CT molecular complexity index is 439. The van der Waals surface area contributed by atoms with Gasteiger partial charge in [-0.25, -0.2) is 0 Å². The topological polar surface area (TPSA) is 28.2 Å². The Morgan fingerprint density at radius 3 is 2.60 bits per heavy atom. The molecule has 1 aliphatic heterocycles. The smallest absolute Gasteiger partial charge is 0.0338 e. The molecule has 1 spiro atoms. The van der Waals surface area contributed by atoms with Gasteiger partial charge in [0, 0.05) is 43.1 Å². The van der Waals surface area contributed by atoms with Crippen LogP contribution in [0.4, 0.5) is 0 Å². The van der Waals surface area contributed by atoms with Crippen LogP contribution in [0.15, 0.2) is 24.5 Å². The fourth-order valence-electron chi connectivity index (χ4n) is 3.83. The van der Waals surface area contributed by atoms with Crippen LogP contribution in [0.1, 0.15) is 51.5 Å². The number of hydrogen-bond donors (Lipinski definition) is 1. The molecule has 110 valence electrons. The lowest BCUT2D eigenvalue weighted by atomic mass is 9.84. The van der Waals surface area contributed by atoms with Crippen molar-refractivity contribution in [3.8, 4) is 0 Å². The molecule has 0 bridgehead atoms. The van der Waals surface area contributed by atoms with E-state index in [1.165, 1.54) is 37.7 Å². The Morgan fingerprint density at radius 1 is 1.25 bits per heavy atom. The first-order valence-corrected chi connectivity index (χ1v) is 8.05. The Balaban J connectivity index is 1.81. The summed E-state index contributed by atoms with van der Waals surface area (Å²) in [6, 6.07) is 4.32. The van der Waals surface area contributed by atoms with E-state index in [4.69, 9.17) is 0 Å². The van der Waals surface area contributed by atoms with E-state index in [0.717, 1.165) is 19.6 Å². The van der Waals surface area contributed by atoms with Crippen LogP contribution in [0.3, 0.4) is 0 Å². The van der Waals surface area contributed by atoms with Crippen LogP contribution >= 0.6 is 0 Å². The van der Waals surface area contributed by atoms with Crippen molar-refractivity contribution in [1.29, 1.82) is 0 Å². The summed E-state index contributed by atoms with van der Waals surface area (Å²) in [4.78, 5) is 6.90. The minimum Gasteiger partial charge on any atom is -0.308 e. The molecule has 2 heterocycles. The van der Waals surface area contributed by atoms with E-state index in [9.17, 15) is 0 Å². The Morgan fingerprint density at radius 2 is 1.95 bits per heavy atom. The summed E-state index contributed by atoms with van der Waals surface area (Å²) >= 11 is 0. The van der Waals surface area contributed by atoms with Gasteiger partial charge >= 0.3 is 0 Å². The second kappa shape index (κ2) is 5.45. The Kier molecular flexibility index (Phi) is 3.83. The molecule has 0 aromatic carbocycles. The third-order valence-electron chi connectivity index (χ3n) is 5.49. The highest BCUT2D eigenvalue weighted by Gasteiger charge is 2.46. The fraction of sp³-hybridized carbons (Fsp3) is 0.706. The molecule has 1 saturated heterocycles. The van der Waals surface area contributed by atoms with E-state index in [2.05, 4.69) is 41.2 Å². The van der Waals surface area contributed by atoms with Crippen LogP contribution in [-0.4, -0.2) is 34.1 Å². The van der Waals surface area contributed by atoms with Crippen molar-refractivity contribution in [3.63, 3.8) is 0 Å². The molecule has 0 amide bonds. The molecule has 20 heavy (non-hydrogen) atoms. The molecule has 3 nitrogen and oxygen atoms in total. The number of piperazine rings is 1. The second-order valence-corrected chi connectivity index (χ2v) is 6.91. The van der Waals surface area contributed by atoms with Crippen LogP contribution in [-0.2, 0) is 6.54 Å². The molecule has 3 heteroatoms. The van der Waals surface area contributed by atoms with Crippen molar-refractivity contribution < 1.29 is 0 Å². The second-order valence-electron chi connectivity index (χ2n) is 6.91. The van der Waals surface area contributed by atoms with Gasteiger partial charge < -0.3 is 5.32 Å². The fourth-order valence-corrected chi connectivity index (χ4v) is 3.83. The molecular weight excluding hydrogens is 246 g/mol. The summed E-state index contributed by atoms with van der Waals surface area (Å²) in [6.45, 7) is 8.05. The molecule has 1 saturated carbocycles. The summed E-state index contributed by atoms with van der Waals surface area (Å²) in [6.07, 6.45) is 10.5. The van der Waals surface area contributed by atoms with E-state index in [0.29, 0.717) is 5.54 Å². The first kappa shape index (κ1) is 14.0. The summed E-state index contributed by atoms with van der Waals surface area (Å²) in [5.74, 6) is 0. The Labute approximate surface area is 122 Å². The molecule has 1 aromatic rings. The number of nitrogens with one attached hydrogen (secondary N) is 1. The zero-order chi connectivity index (χ0) is 14.1. The SMILES string of the molecule is CCC1(C)CN(Cc2ccncc2)C2(CCCC2)CN1. The van der Waals surface area contributed by atoms with Crippen LogP contribution < -0.4 is 5.32 Å². The van der Waals surface area contributed by atoms with Gasteiger partial charge in [0.05, 0.1) is 0 Å². The molecule has 0 radical (unpaired) electrons. The standard InChI is InChI=1S/C17H27N3/c1-3-16(2)14-20(12-15-6-10-18-11-7-15)17(13-19-16)8-4-5-9-17/h6-7,10-11,19H,3-5,8-9,12-14H2,1-2H3. The monoisotopic (exact) mass is 273 g/mol. The molecular formula is C17H27N3. The van der Waals surface area contributed by atoms with E-state index in [-0.39, 0.29) is 5.54 Å². The summed E-state index contributed by atoms with van der Waals surface area (Å²) in [5.41, 5.74) is 2.06. The highest BCUT2D eigenvalue weighted by atomic mass is 15.3. The van der Waals surface area contributed by atoms with Gasteiger partial charge in [-0.3, -0.25) is 9.88 Å². The molecule has 3 rings (SSSR count). The van der Waals surface area contributed by atoms with Crippen molar-refractivity contribution in [2.45, 2.75) is 63.6 Å². The van der Waals surface area contributed by atoms with Gasteiger partial charge in [0.25, 0.3) is 0 Å². The van der Waals surface area contributed by atoms with Crippen molar-refractivity contribution in [3.05, 3.63) is 30.1 Å². The third-order valence-corrected chi connectivity index (χ3v) is 5.49. The highest BCUT2D eigenvalue weighted by molar-refractivity contribution is 5.13. The number of aromatic nitrogens is 1.